The second-order valence-corrected chi connectivity index (χ2v) is 10.1. The smallest absolute Gasteiger partial charge is 0.248 e. The maximum atomic E-state index is 14.1. The highest BCUT2D eigenvalue weighted by Crippen LogP contribution is 2.44. The fourth-order valence-corrected chi connectivity index (χ4v) is 5.54. The highest BCUT2D eigenvalue weighted by Gasteiger charge is 2.60. The van der Waals surface area contributed by atoms with E-state index in [1.54, 1.807) is 29.2 Å². The largest absolute Gasteiger partial charge is 0.508 e. The Balaban J connectivity index is 2.07. The molecular weight excluding hydrogens is 430 g/mol. The van der Waals surface area contributed by atoms with Gasteiger partial charge >= 0.3 is 0 Å². The average Bonchev–Trinajstić information content (AvgIpc) is 3.05. The third kappa shape index (κ3) is 5.14. The number of unbranched alkanes of at least 4 members (excludes halogenated alkanes) is 2. The predicted octanol–water partition coefficient (Wildman–Crippen LogP) is 3.59. The summed E-state index contributed by atoms with van der Waals surface area (Å²) in [5.41, 5.74) is 0.113. The normalized spacial score (nSPS) is 22.2. The highest BCUT2D eigenvalue weighted by atomic mass is 16.3. The van der Waals surface area contributed by atoms with Crippen LogP contribution in [0.15, 0.2) is 24.3 Å². The summed E-state index contributed by atoms with van der Waals surface area (Å²) in [6, 6.07) is 5.62. The molecule has 3 rings (SSSR count). The van der Waals surface area contributed by atoms with E-state index in [1.165, 1.54) is 0 Å². The molecule has 3 atom stereocenters. The summed E-state index contributed by atoms with van der Waals surface area (Å²) in [6.07, 6.45) is 6.54. The number of aromatic hydroxyl groups is 1. The van der Waals surface area contributed by atoms with E-state index in [0.29, 0.717) is 25.7 Å². The van der Waals surface area contributed by atoms with Gasteiger partial charge in [0.2, 0.25) is 11.8 Å². The summed E-state index contributed by atoms with van der Waals surface area (Å²) >= 11 is 0. The van der Waals surface area contributed by atoms with Crippen molar-refractivity contribution in [2.45, 2.75) is 89.9 Å². The van der Waals surface area contributed by atoms with Crippen LogP contribution in [0, 0.1) is 5.92 Å². The van der Waals surface area contributed by atoms with Crippen LogP contribution in [0.4, 0.5) is 0 Å². The van der Waals surface area contributed by atoms with Crippen LogP contribution < -0.4 is 0 Å². The molecule has 2 heterocycles. The highest BCUT2D eigenvalue weighted by molar-refractivity contribution is 5.94. The number of benzene rings is 1. The van der Waals surface area contributed by atoms with Crippen LogP contribution in [-0.2, 0) is 20.8 Å². The zero-order chi connectivity index (χ0) is 24.9. The SMILES string of the molecule is CCCCCC(=O)N1C(Cc2ccc(O)cc2)C(=O)N(C(C=O)C(C)CC)C12CCN(C)CC2. The fraction of sp³-hybridized carbons (Fsp3) is 0.667. The molecule has 1 aromatic carbocycles. The zero-order valence-corrected chi connectivity index (χ0v) is 21.2. The van der Waals surface area contributed by atoms with Gasteiger partial charge in [-0.1, -0.05) is 52.2 Å². The fourth-order valence-electron chi connectivity index (χ4n) is 5.54. The molecule has 7 nitrogen and oxygen atoms in total. The summed E-state index contributed by atoms with van der Waals surface area (Å²) in [5, 5.41) is 9.71. The molecule has 1 aromatic rings. The number of aldehydes is 1. The molecule has 0 saturated carbocycles. The minimum absolute atomic E-state index is 0.00227. The summed E-state index contributed by atoms with van der Waals surface area (Å²) in [6.45, 7) is 7.68. The van der Waals surface area contributed by atoms with Crippen molar-refractivity contribution < 1.29 is 19.5 Å². The third-order valence-corrected chi connectivity index (χ3v) is 7.81. The summed E-state index contributed by atoms with van der Waals surface area (Å²) in [7, 11) is 2.06. The van der Waals surface area contributed by atoms with Gasteiger partial charge in [0.25, 0.3) is 0 Å². The van der Waals surface area contributed by atoms with E-state index in [2.05, 4.69) is 18.9 Å². The van der Waals surface area contributed by atoms with Gasteiger partial charge in [-0.25, -0.2) is 0 Å². The summed E-state index contributed by atoms with van der Waals surface area (Å²) in [4.78, 5) is 46.1. The Morgan fingerprint density at radius 3 is 2.38 bits per heavy atom. The molecule has 1 spiro atoms. The molecule has 2 fully saturated rings. The Hall–Kier alpha value is -2.41. The lowest BCUT2D eigenvalue weighted by molar-refractivity contribution is -0.152. The van der Waals surface area contributed by atoms with Gasteiger partial charge in [0.1, 0.15) is 23.7 Å². The number of phenolic OH excluding ortho intramolecular Hbond substituents is 1. The van der Waals surface area contributed by atoms with E-state index in [4.69, 9.17) is 0 Å². The summed E-state index contributed by atoms with van der Waals surface area (Å²) in [5.74, 6) is 0.0490. The van der Waals surface area contributed by atoms with E-state index in [9.17, 15) is 19.5 Å². The minimum atomic E-state index is -0.774. The van der Waals surface area contributed by atoms with Crippen molar-refractivity contribution in [1.29, 1.82) is 0 Å². The van der Waals surface area contributed by atoms with Crippen molar-refractivity contribution in [3.8, 4) is 5.75 Å². The van der Waals surface area contributed by atoms with Crippen molar-refractivity contribution in [3.63, 3.8) is 0 Å². The number of rotatable bonds is 10. The van der Waals surface area contributed by atoms with Gasteiger partial charge in [-0.15, -0.1) is 0 Å². The molecule has 2 saturated heterocycles. The third-order valence-electron chi connectivity index (χ3n) is 7.81. The average molecular weight is 472 g/mol. The molecule has 0 radical (unpaired) electrons. The molecule has 0 bridgehead atoms. The number of nitrogens with zero attached hydrogens (tertiary/aromatic N) is 3. The van der Waals surface area contributed by atoms with Crippen LogP contribution in [0.3, 0.4) is 0 Å². The first-order valence-electron chi connectivity index (χ1n) is 12.9. The molecule has 34 heavy (non-hydrogen) atoms. The maximum Gasteiger partial charge on any atom is 0.248 e. The number of amides is 2. The van der Waals surface area contributed by atoms with E-state index >= 15 is 0 Å². The quantitative estimate of drug-likeness (QED) is 0.417. The molecule has 0 aliphatic carbocycles. The molecule has 3 unspecified atom stereocenters. The number of hydrogen-bond donors (Lipinski definition) is 1. The zero-order valence-electron chi connectivity index (χ0n) is 21.2. The van der Waals surface area contributed by atoms with Crippen molar-refractivity contribution in [1.82, 2.24) is 14.7 Å². The van der Waals surface area contributed by atoms with Crippen LogP contribution in [-0.4, -0.2) is 75.8 Å². The first kappa shape index (κ1) is 26.2. The Bertz CT molecular complexity index is 848. The Morgan fingerprint density at radius 2 is 1.82 bits per heavy atom. The minimum Gasteiger partial charge on any atom is -0.508 e. The lowest BCUT2D eigenvalue weighted by Gasteiger charge is -2.50. The Morgan fingerprint density at radius 1 is 1.18 bits per heavy atom. The standard InChI is InChI=1S/C27H41N3O4/c1-5-7-8-9-25(33)29-23(18-21-10-12-22(32)13-11-21)26(34)30(24(19-31)20(3)6-2)27(29)14-16-28(4)17-15-27/h10-13,19-20,23-24,32H,5-9,14-18H2,1-4H3. The first-order chi connectivity index (χ1) is 16.3. The number of piperidine rings is 1. The number of carbonyl (C=O) groups excluding carboxylic acids is 3. The maximum absolute atomic E-state index is 14.1. The van der Waals surface area contributed by atoms with Gasteiger partial charge in [0.05, 0.1) is 6.04 Å². The first-order valence-corrected chi connectivity index (χ1v) is 12.9. The molecular formula is C27H41N3O4. The van der Waals surface area contributed by atoms with Gasteiger partial charge < -0.3 is 24.6 Å². The van der Waals surface area contributed by atoms with Crippen molar-refractivity contribution in [3.05, 3.63) is 29.8 Å². The topological polar surface area (TPSA) is 81.2 Å². The van der Waals surface area contributed by atoms with Gasteiger partial charge in [0, 0.05) is 38.8 Å². The Labute approximate surface area is 204 Å². The predicted molar refractivity (Wildman–Crippen MR) is 132 cm³/mol. The Kier molecular flexibility index (Phi) is 8.74. The van der Waals surface area contributed by atoms with Gasteiger partial charge in [0.15, 0.2) is 0 Å². The molecule has 7 heteroatoms. The van der Waals surface area contributed by atoms with Crippen LogP contribution >= 0.6 is 0 Å². The van der Waals surface area contributed by atoms with Gasteiger partial charge in [-0.3, -0.25) is 9.59 Å². The number of phenols is 1. The van der Waals surface area contributed by atoms with Crippen molar-refractivity contribution in [2.75, 3.05) is 20.1 Å². The van der Waals surface area contributed by atoms with E-state index < -0.39 is 17.7 Å². The molecule has 0 aromatic heterocycles. The molecule has 2 aliphatic rings. The molecule has 188 valence electrons. The van der Waals surface area contributed by atoms with E-state index in [-0.39, 0.29) is 23.5 Å². The second kappa shape index (κ2) is 11.3. The van der Waals surface area contributed by atoms with Crippen LogP contribution in [0.5, 0.6) is 5.75 Å². The van der Waals surface area contributed by atoms with Crippen LogP contribution in [0.25, 0.3) is 0 Å². The summed E-state index contributed by atoms with van der Waals surface area (Å²) < 4.78 is 0. The number of hydrogen-bond acceptors (Lipinski definition) is 5. The lowest BCUT2D eigenvalue weighted by atomic mass is 9.89. The molecule has 1 N–H and O–H groups in total. The van der Waals surface area contributed by atoms with Crippen molar-refractivity contribution in [2.24, 2.45) is 5.92 Å². The van der Waals surface area contributed by atoms with Crippen LogP contribution in [0.1, 0.15) is 71.3 Å². The van der Waals surface area contributed by atoms with Crippen LogP contribution in [0.2, 0.25) is 0 Å². The van der Waals surface area contributed by atoms with Gasteiger partial charge in [-0.05, 0) is 37.1 Å². The van der Waals surface area contributed by atoms with E-state index in [1.807, 2.05) is 18.7 Å². The lowest BCUT2D eigenvalue weighted by Crippen LogP contribution is -2.64. The number of likely N-dealkylation sites (tertiary alicyclic amines) is 1. The second-order valence-electron chi connectivity index (χ2n) is 10.1. The number of carbonyl (C=O) groups is 3. The van der Waals surface area contributed by atoms with E-state index in [0.717, 1.165) is 50.6 Å². The molecule has 2 amide bonds. The monoisotopic (exact) mass is 471 g/mol. The van der Waals surface area contributed by atoms with Crippen molar-refractivity contribution >= 4 is 18.1 Å². The van der Waals surface area contributed by atoms with Gasteiger partial charge in [-0.2, -0.15) is 0 Å². The molecule has 2 aliphatic heterocycles.